The zero-order valence-corrected chi connectivity index (χ0v) is 11.3. The van der Waals surface area contributed by atoms with E-state index in [9.17, 15) is 4.79 Å². The second-order valence-electron chi connectivity index (χ2n) is 4.74. The molecule has 7 heteroatoms. The lowest BCUT2D eigenvalue weighted by molar-refractivity contribution is 0.0740. The van der Waals surface area contributed by atoms with Crippen molar-refractivity contribution in [2.45, 2.75) is 0 Å². The van der Waals surface area contributed by atoms with Gasteiger partial charge in [-0.3, -0.25) is 9.48 Å². The van der Waals surface area contributed by atoms with Crippen LogP contribution in [0.3, 0.4) is 0 Å². The molecular weight excluding hydrogens is 256 g/mol. The highest BCUT2D eigenvalue weighted by Crippen LogP contribution is 2.13. The van der Waals surface area contributed by atoms with Crippen LogP contribution >= 0.6 is 0 Å². The van der Waals surface area contributed by atoms with Gasteiger partial charge in [0.1, 0.15) is 5.82 Å². The Kier molecular flexibility index (Phi) is 3.32. The van der Waals surface area contributed by atoms with Gasteiger partial charge >= 0.3 is 0 Å². The number of carbonyl (C=O) groups is 1. The van der Waals surface area contributed by atoms with Gasteiger partial charge in [0, 0.05) is 39.4 Å². The third-order valence-electron chi connectivity index (χ3n) is 3.36. The molecule has 0 bridgehead atoms. The highest BCUT2D eigenvalue weighted by atomic mass is 16.2. The van der Waals surface area contributed by atoms with Crippen LogP contribution in [0.1, 0.15) is 10.5 Å². The maximum Gasteiger partial charge on any atom is 0.276 e. The Morgan fingerprint density at radius 3 is 2.60 bits per heavy atom. The van der Waals surface area contributed by atoms with Crippen LogP contribution in [0.5, 0.6) is 0 Å². The first kappa shape index (κ1) is 12.6. The van der Waals surface area contributed by atoms with E-state index in [0.717, 1.165) is 18.9 Å². The van der Waals surface area contributed by atoms with Crippen molar-refractivity contribution in [3.05, 3.63) is 36.3 Å². The van der Waals surface area contributed by atoms with Gasteiger partial charge in [0.15, 0.2) is 5.69 Å². The van der Waals surface area contributed by atoms with Gasteiger partial charge in [0.05, 0.1) is 6.20 Å². The third-order valence-corrected chi connectivity index (χ3v) is 3.36. The van der Waals surface area contributed by atoms with E-state index >= 15 is 0 Å². The van der Waals surface area contributed by atoms with Crippen LogP contribution in [0, 0.1) is 0 Å². The van der Waals surface area contributed by atoms with Crippen molar-refractivity contribution in [2.75, 3.05) is 31.1 Å². The molecule has 1 saturated heterocycles. The maximum atomic E-state index is 12.2. The minimum Gasteiger partial charge on any atom is -0.353 e. The Morgan fingerprint density at radius 2 is 2.00 bits per heavy atom. The number of rotatable bonds is 2. The van der Waals surface area contributed by atoms with E-state index in [1.165, 1.54) is 4.68 Å². The SMILES string of the molecule is Cn1cc(C(=O)N2CCN(c3ccccn3)CC2)nn1. The Bertz CT molecular complexity index is 588. The fourth-order valence-corrected chi connectivity index (χ4v) is 2.29. The third kappa shape index (κ3) is 2.47. The van der Waals surface area contributed by atoms with Gasteiger partial charge in [-0.2, -0.15) is 0 Å². The number of aromatic nitrogens is 4. The number of amides is 1. The monoisotopic (exact) mass is 272 g/mol. The molecule has 1 fully saturated rings. The van der Waals surface area contributed by atoms with Crippen LogP contribution in [0.15, 0.2) is 30.6 Å². The van der Waals surface area contributed by atoms with E-state index < -0.39 is 0 Å². The Hall–Kier alpha value is -2.44. The first-order valence-electron chi connectivity index (χ1n) is 6.55. The van der Waals surface area contributed by atoms with E-state index in [0.29, 0.717) is 18.8 Å². The zero-order chi connectivity index (χ0) is 13.9. The fraction of sp³-hybridized carbons (Fsp3) is 0.385. The predicted octanol–water partition coefficient (Wildman–Crippen LogP) is 0.172. The molecule has 0 radical (unpaired) electrons. The van der Waals surface area contributed by atoms with Gasteiger partial charge in [0.25, 0.3) is 5.91 Å². The molecule has 0 aliphatic carbocycles. The van der Waals surface area contributed by atoms with Crippen LogP contribution in [-0.2, 0) is 7.05 Å². The summed E-state index contributed by atoms with van der Waals surface area (Å²) in [5, 5.41) is 7.66. The van der Waals surface area contributed by atoms with E-state index in [4.69, 9.17) is 0 Å². The maximum absolute atomic E-state index is 12.2. The summed E-state index contributed by atoms with van der Waals surface area (Å²) < 4.78 is 1.54. The van der Waals surface area contributed by atoms with E-state index in [1.807, 2.05) is 23.1 Å². The fourth-order valence-electron chi connectivity index (χ4n) is 2.29. The molecule has 1 aliphatic heterocycles. The summed E-state index contributed by atoms with van der Waals surface area (Å²) >= 11 is 0. The number of hydrogen-bond donors (Lipinski definition) is 0. The molecule has 20 heavy (non-hydrogen) atoms. The standard InChI is InChI=1S/C13H16N6O/c1-17-10-11(15-16-17)13(20)19-8-6-18(7-9-19)12-4-2-3-5-14-12/h2-5,10H,6-9H2,1H3. The van der Waals surface area contributed by atoms with Gasteiger partial charge in [-0.05, 0) is 12.1 Å². The Morgan fingerprint density at radius 1 is 1.20 bits per heavy atom. The summed E-state index contributed by atoms with van der Waals surface area (Å²) in [5.74, 6) is 0.901. The second kappa shape index (κ2) is 5.28. The molecule has 1 aliphatic rings. The number of piperazine rings is 1. The minimum absolute atomic E-state index is 0.0567. The van der Waals surface area contributed by atoms with Gasteiger partial charge in [-0.25, -0.2) is 4.98 Å². The summed E-state index contributed by atoms with van der Waals surface area (Å²) in [6.45, 7) is 2.91. The van der Waals surface area contributed by atoms with Crippen LogP contribution in [0.25, 0.3) is 0 Å². The van der Waals surface area contributed by atoms with Crippen molar-refractivity contribution < 1.29 is 4.79 Å². The highest BCUT2D eigenvalue weighted by Gasteiger charge is 2.24. The molecule has 2 aromatic heterocycles. The van der Waals surface area contributed by atoms with Crippen LogP contribution in [-0.4, -0.2) is 57.0 Å². The molecule has 7 nitrogen and oxygen atoms in total. The van der Waals surface area contributed by atoms with Gasteiger partial charge in [0.2, 0.25) is 0 Å². The van der Waals surface area contributed by atoms with Crippen molar-refractivity contribution in [2.24, 2.45) is 7.05 Å². The Balaban J connectivity index is 1.63. The molecule has 0 saturated carbocycles. The lowest BCUT2D eigenvalue weighted by atomic mass is 10.2. The molecule has 0 N–H and O–H groups in total. The molecule has 0 aromatic carbocycles. The number of nitrogens with zero attached hydrogens (tertiary/aromatic N) is 6. The highest BCUT2D eigenvalue weighted by molar-refractivity contribution is 5.92. The lowest BCUT2D eigenvalue weighted by Crippen LogP contribution is -2.49. The summed E-state index contributed by atoms with van der Waals surface area (Å²) in [5.41, 5.74) is 0.402. The molecule has 0 unspecified atom stereocenters. The molecule has 3 rings (SSSR count). The molecule has 1 amide bonds. The number of pyridine rings is 1. The average molecular weight is 272 g/mol. The number of carbonyl (C=O) groups excluding carboxylic acids is 1. The topological polar surface area (TPSA) is 67.2 Å². The quantitative estimate of drug-likeness (QED) is 0.780. The van der Waals surface area contributed by atoms with Crippen molar-refractivity contribution in [3.63, 3.8) is 0 Å². The smallest absolute Gasteiger partial charge is 0.276 e. The van der Waals surface area contributed by atoms with Crippen LogP contribution < -0.4 is 4.90 Å². The van der Waals surface area contributed by atoms with Gasteiger partial charge in [-0.1, -0.05) is 11.3 Å². The van der Waals surface area contributed by atoms with Crippen LogP contribution in [0.4, 0.5) is 5.82 Å². The van der Waals surface area contributed by atoms with Crippen molar-refractivity contribution in [1.82, 2.24) is 24.9 Å². The molecule has 2 aromatic rings. The van der Waals surface area contributed by atoms with Gasteiger partial charge in [-0.15, -0.1) is 5.10 Å². The largest absolute Gasteiger partial charge is 0.353 e. The lowest BCUT2D eigenvalue weighted by Gasteiger charge is -2.34. The summed E-state index contributed by atoms with van der Waals surface area (Å²) in [6.07, 6.45) is 3.43. The van der Waals surface area contributed by atoms with Crippen molar-refractivity contribution in [3.8, 4) is 0 Å². The minimum atomic E-state index is -0.0567. The number of aryl methyl sites for hydroxylation is 1. The van der Waals surface area contributed by atoms with Crippen molar-refractivity contribution >= 4 is 11.7 Å². The van der Waals surface area contributed by atoms with E-state index in [-0.39, 0.29) is 5.91 Å². The molecule has 3 heterocycles. The summed E-state index contributed by atoms with van der Waals surface area (Å²) in [6, 6.07) is 5.86. The average Bonchev–Trinajstić information content (AvgIpc) is 2.94. The number of hydrogen-bond acceptors (Lipinski definition) is 5. The zero-order valence-electron chi connectivity index (χ0n) is 11.3. The van der Waals surface area contributed by atoms with Crippen LogP contribution in [0.2, 0.25) is 0 Å². The summed E-state index contributed by atoms with van der Waals surface area (Å²) in [7, 11) is 1.75. The first-order chi connectivity index (χ1) is 9.74. The molecule has 0 atom stereocenters. The Labute approximate surface area is 116 Å². The second-order valence-corrected chi connectivity index (χ2v) is 4.74. The summed E-state index contributed by atoms with van der Waals surface area (Å²) in [4.78, 5) is 20.6. The molecule has 0 spiro atoms. The molecule has 104 valence electrons. The van der Waals surface area contributed by atoms with E-state index in [2.05, 4.69) is 20.2 Å². The van der Waals surface area contributed by atoms with Crippen molar-refractivity contribution in [1.29, 1.82) is 0 Å². The predicted molar refractivity (Wildman–Crippen MR) is 73.4 cm³/mol. The first-order valence-corrected chi connectivity index (χ1v) is 6.55. The number of anilines is 1. The molecular formula is C13H16N6O. The van der Waals surface area contributed by atoms with Gasteiger partial charge < -0.3 is 9.80 Å². The normalized spacial score (nSPS) is 15.4. The van der Waals surface area contributed by atoms with E-state index in [1.54, 1.807) is 19.4 Å².